The molecule has 16 rings (SSSR count). The van der Waals surface area contributed by atoms with Crippen molar-refractivity contribution in [3.63, 3.8) is 0 Å². The Labute approximate surface area is 596 Å². The monoisotopic (exact) mass is 1320 g/mol. The van der Waals surface area contributed by atoms with E-state index in [9.17, 15) is 21.0 Å². The van der Waals surface area contributed by atoms with Gasteiger partial charge in [0.15, 0.2) is 45.9 Å². The Morgan fingerprint density at radius 1 is 0.260 bits per heavy atom. The molecule has 0 saturated heterocycles. The first-order chi connectivity index (χ1) is 51.0. The van der Waals surface area contributed by atoms with Gasteiger partial charge in [-0.1, -0.05) is 127 Å². The minimum Gasteiger partial charge on any atom is -0.309 e. The lowest BCUT2D eigenvalue weighted by atomic mass is 9.92. The van der Waals surface area contributed by atoms with E-state index in [1.165, 1.54) is 0 Å². The summed E-state index contributed by atoms with van der Waals surface area (Å²) in [6.45, 7) is 40.5. The van der Waals surface area contributed by atoms with Crippen LogP contribution in [0.15, 0.2) is 267 Å². The van der Waals surface area contributed by atoms with Crippen molar-refractivity contribution in [3.8, 4) is 137 Å². The topological polar surface area (TPSA) is 165 Å². The zero-order chi connectivity index (χ0) is 71.1. The number of hydrogen-bond acceptors (Lipinski definition) is 7. The van der Waals surface area contributed by atoms with Gasteiger partial charge in [-0.25, -0.2) is 39.2 Å². The van der Waals surface area contributed by atoms with Crippen LogP contribution in [0.25, 0.3) is 180 Å². The summed E-state index contributed by atoms with van der Waals surface area (Å²) in [5.74, 6) is 1.13. The van der Waals surface area contributed by atoms with Gasteiger partial charge in [0.25, 0.3) is 0 Å². The van der Waals surface area contributed by atoms with Crippen molar-refractivity contribution in [2.75, 3.05) is 0 Å². The molecule has 0 radical (unpaired) electrons. The molecular formula is C90H44N14. The quantitative estimate of drug-likeness (QED) is 0.116. The van der Waals surface area contributed by atoms with E-state index in [0.717, 1.165) is 82.6 Å². The van der Waals surface area contributed by atoms with Crippen LogP contribution in [0.5, 0.6) is 0 Å². The SMILES string of the molecule is [C-]#[N+]c1cc(C#N)cc(-c2ccc3c(c2)c2cc(-c4cc(C#N)cc([N+]#[C-])c4)ccc2n3-c2ccc(-c3ccccc3[N+]#[C-])cc2-c2cccc(-n3c4ccc(-c5cc(C#N)cc([N+]#[C-])c5)cc4c4cc(-c5cc(C#N)cc([N+]#[C-])c5)ccc43)c2-c2nc(-c3ccccc3)nc(-c3ccccc3)n2)c1. The van der Waals surface area contributed by atoms with Crippen LogP contribution in [0, 0.1) is 78.2 Å². The molecule has 13 aromatic carbocycles. The minimum absolute atomic E-state index is 0.313. The highest BCUT2D eigenvalue weighted by Crippen LogP contribution is 2.48. The summed E-state index contributed by atoms with van der Waals surface area (Å²) in [6, 6.07) is 93.1. The van der Waals surface area contributed by atoms with Crippen molar-refractivity contribution in [2.24, 2.45) is 0 Å². The second-order valence-corrected chi connectivity index (χ2v) is 24.7. The number of hydrogen-bond donors (Lipinski definition) is 0. The zero-order valence-electron chi connectivity index (χ0n) is 54.7. The predicted molar refractivity (Wildman–Crippen MR) is 408 cm³/mol. The normalized spacial score (nSPS) is 10.8. The van der Waals surface area contributed by atoms with Crippen molar-refractivity contribution >= 4 is 72.0 Å². The largest absolute Gasteiger partial charge is 0.309 e. The average molecular weight is 1320 g/mol. The molecule has 16 aromatic rings. The number of aromatic nitrogens is 5. The van der Waals surface area contributed by atoms with Gasteiger partial charge in [0.2, 0.25) is 0 Å². The molecule has 0 aliphatic heterocycles. The van der Waals surface area contributed by atoms with Crippen molar-refractivity contribution in [1.29, 1.82) is 21.0 Å². The molecule has 0 unspecified atom stereocenters. The Bertz CT molecular complexity index is 6340. The van der Waals surface area contributed by atoms with Gasteiger partial charge in [0.1, 0.15) is 0 Å². The molecule has 14 nitrogen and oxygen atoms in total. The number of rotatable bonds is 11. The lowest BCUT2D eigenvalue weighted by molar-refractivity contribution is 1.06. The lowest BCUT2D eigenvalue weighted by Gasteiger charge is -2.22. The summed E-state index contributed by atoms with van der Waals surface area (Å²) in [7, 11) is 0. The van der Waals surface area contributed by atoms with E-state index in [1.807, 2.05) is 146 Å². The highest BCUT2D eigenvalue weighted by molar-refractivity contribution is 6.15. The van der Waals surface area contributed by atoms with Crippen molar-refractivity contribution in [2.45, 2.75) is 0 Å². The molecule has 3 heterocycles. The van der Waals surface area contributed by atoms with E-state index >= 15 is 0 Å². The third-order valence-electron chi connectivity index (χ3n) is 18.6. The third kappa shape index (κ3) is 11.1. The summed E-state index contributed by atoms with van der Waals surface area (Å²) < 4.78 is 4.41. The zero-order valence-corrected chi connectivity index (χ0v) is 54.7. The average Bonchev–Trinajstić information content (AvgIpc) is 1.55. The first-order valence-electron chi connectivity index (χ1n) is 32.6. The van der Waals surface area contributed by atoms with E-state index in [4.69, 9.17) is 47.8 Å². The van der Waals surface area contributed by atoms with Crippen LogP contribution >= 0.6 is 0 Å². The van der Waals surface area contributed by atoms with Gasteiger partial charge in [-0.3, -0.25) is 0 Å². The van der Waals surface area contributed by atoms with Crippen molar-refractivity contribution < 1.29 is 0 Å². The number of benzene rings is 13. The Hall–Kier alpha value is -16.1. The van der Waals surface area contributed by atoms with E-state index in [0.29, 0.717) is 124 Å². The minimum atomic E-state index is 0.313. The van der Waals surface area contributed by atoms with E-state index in [1.54, 1.807) is 78.9 Å². The summed E-state index contributed by atoms with van der Waals surface area (Å²) in [6.07, 6.45) is 0. The molecule has 14 heteroatoms. The van der Waals surface area contributed by atoms with Gasteiger partial charge in [-0.2, -0.15) is 21.0 Å². The Morgan fingerprint density at radius 2 is 0.615 bits per heavy atom. The second kappa shape index (κ2) is 26.0. The fourth-order valence-electron chi connectivity index (χ4n) is 13.9. The van der Waals surface area contributed by atoms with Gasteiger partial charge < -0.3 is 9.13 Å². The molecule has 0 N–H and O–H groups in total. The van der Waals surface area contributed by atoms with Gasteiger partial charge >= 0.3 is 0 Å². The molecule has 0 spiro atoms. The molecule has 3 aromatic heterocycles. The van der Waals surface area contributed by atoms with Gasteiger partial charge in [-0.05, 0) is 201 Å². The summed E-state index contributed by atoms with van der Waals surface area (Å²) in [5.41, 5.74) is 18.1. The molecular weight excluding hydrogens is 1280 g/mol. The highest BCUT2D eigenvalue weighted by Gasteiger charge is 2.28. The van der Waals surface area contributed by atoms with Crippen LogP contribution in [-0.2, 0) is 0 Å². The van der Waals surface area contributed by atoms with Crippen molar-refractivity contribution in [1.82, 2.24) is 24.1 Å². The molecule has 0 bridgehead atoms. The summed E-state index contributed by atoms with van der Waals surface area (Å²) in [4.78, 5) is 35.3. The fourth-order valence-corrected chi connectivity index (χ4v) is 13.9. The number of para-hydroxylation sites is 1. The molecule has 0 atom stereocenters. The van der Waals surface area contributed by atoms with Crippen molar-refractivity contribution in [3.05, 3.63) is 346 Å². The Balaban J connectivity index is 1.05. The standard InChI is InChI=1S/C90H44N14/c1-95-69-37-54(50-91)33-65(41-69)60-23-28-82-76(45-60)77-46-61(66-34-55(51-92)38-70(42-66)96-2)24-29-83(77)103(82)81-32-27-64(73-19-12-13-21-80(73)99-5)49-75(81)74-20-14-22-86(87(74)90-101-88(58-15-8-6-9-16-58)100-89(102-90)59-17-10-7-11-18-59)104-84-30-25-62(67-35-56(52-93)39-71(43-67)97-3)47-78(84)79-48-63(26-31-85(79)104)68-36-57(53-94)40-72(44-68)98-4/h6-49H. The maximum atomic E-state index is 10.2. The maximum Gasteiger partial charge on any atom is 0.194 e. The molecule has 0 aliphatic rings. The predicted octanol–water partition coefficient (Wildman–Crippen LogP) is 23.3. The number of fused-ring (bicyclic) bond motifs is 6. The van der Waals surface area contributed by atoms with Gasteiger partial charge in [0.05, 0.1) is 96.1 Å². The van der Waals surface area contributed by atoms with Crippen LogP contribution < -0.4 is 0 Å². The van der Waals surface area contributed by atoms with E-state index in [2.05, 4.69) is 100 Å². The first kappa shape index (κ1) is 62.7. The van der Waals surface area contributed by atoms with E-state index < -0.39 is 0 Å². The van der Waals surface area contributed by atoms with Gasteiger partial charge in [0, 0.05) is 60.5 Å². The third-order valence-corrected chi connectivity index (χ3v) is 18.6. The number of nitriles is 4. The van der Waals surface area contributed by atoms with Gasteiger partial charge in [-0.15, -0.1) is 0 Å². The molecule has 0 saturated carbocycles. The van der Waals surface area contributed by atoms with Crippen LogP contribution in [0.3, 0.4) is 0 Å². The molecule has 0 amide bonds. The van der Waals surface area contributed by atoms with E-state index in [-0.39, 0.29) is 0 Å². The molecule has 104 heavy (non-hydrogen) atoms. The van der Waals surface area contributed by atoms with Crippen LogP contribution in [0.2, 0.25) is 0 Å². The fraction of sp³-hybridized carbons (Fsp3) is 0. The van der Waals surface area contributed by atoms with Crippen LogP contribution in [0.4, 0.5) is 28.4 Å². The first-order valence-corrected chi connectivity index (χ1v) is 32.6. The maximum absolute atomic E-state index is 10.2. The summed E-state index contributed by atoms with van der Waals surface area (Å²) >= 11 is 0. The molecule has 474 valence electrons. The highest BCUT2D eigenvalue weighted by atomic mass is 15.1. The smallest absolute Gasteiger partial charge is 0.194 e. The Kier molecular flexibility index (Phi) is 15.7. The van der Waals surface area contributed by atoms with Crippen LogP contribution in [0.1, 0.15) is 22.3 Å². The second-order valence-electron chi connectivity index (χ2n) is 24.7. The molecule has 0 aliphatic carbocycles. The van der Waals surface area contributed by atoms with Crippen LogP contribution in [-0.4, -0.2) is 24.1 Å². The lowest BCUT2D eigenvalue weighted by Crippen LogP contribution is -2.06. The molecule has 0 fully saturated rings. The summed E-state index contributed by atoms with van der Waals surface area (Å²) in [5, 5.41) is 44.1. The number of nitrogens with zero attached hydrogens (tertiary/aromatic N) is 14. The Morgan fingerprint density at radius 3 is 1.00 bits per heavy atom.